The van der Waals surface area contributed by atoms with E-state index in [0.29, 0.717) is 11.0 Å². The lowest BCUT2D eigenvalue weighted by atomic mass is 10.2. The first-order chi connectivity index (χ1) is 10.0. The number of furan rings is 1. The standard InChI is InChI=1S/C13H12N2O6/c1-20-12(16)4-5-14-13(17)11-7-8-6-9(15(18)19)2-3-10(8)21-11/h2-3,6-7H,4-5H2,1H3,(H,14,17). The van der Waals surface area contributed by atoms with Crippen LogP contribution in [-0.2, 0) is 9.53 Å². The van der Waals surface area contributed by atoms with Crippen molar-refractivity contribution >= 4 is 28.5 Å². The van der Waals surface area contributed by atoms with E-state index in [1.165, 1.54) is 31.4 Å². The number of amides is 1. The number of hydrogen-bond donors (Lipinski definition) is 1. The van der Waals surface area contributed by atoms with Gasteiger partial charge in [0.25, 0.3) is 11.6 Å². The second-order valence-corrected chi connectivity index (χ2v) is 4.17. The Morgan fingerprint density at radius 1 is 1.38 bits per heavy atom. The number of nitrogens with one attached hydrogen (secondary N) is 1. The van der Waals surface area contributed by atoms with E-state index in [2.05, 4.69) is 10.1 Å². The minimum atomic E-state index is -0.525. The summed E-state index contributed by atoms with van der Waals surface area (Å²) >= 11 is 0. The van der Waals surface area contributed by atoms with Gasteiger partial charge in [-0.1, -0.05) is 0 Å². The lowest BCUT2D eigenvalue weighted by molar-refractivity contribution is -0.384. The van der Waals surface area contributed by atoms with Gasteiger partial charge in [-0.15, -0.1) is 0 Å². The van der Waals surface area contributed by atoms with Crippen LogP contribution in [-0.4, -0.2) is 30.5 Å². The summed E-state index contributed by atoms with van der Waals surface area (Å²) in [4.78, 5) is 32.9. The van der Waals surface area contributed by atoms with Crippen molar-refractivity contribution in [1.82, 2.24) is 5.32 Å². The molecule has 2 aromatic rings. The molecule has 0 radical (unpaired) electrons. The zero-order valence-electron chi connectivity index (χ0n) is 11.1. The minimum Gasteiger partial charge on any atom is -0.469 e. The monoisotopic (exact) mass is 292 g/mol. The highest BCUT2D eigenvalue weighted by molar-refractivity contribution is 5.96. The molecule has 0 spiro atoms. The van der Waals surface area contributed by atoms with Crippen LogP contribution in [0.4, 0.5) is 5.69 Å². The Kier molecular flexibility index (Phi) is 4.17. The smallest absolute Gasteiger partial charge is 0.307 e. The molecule has 2 rings (SSSR count). The summed E-state index contributed by atoms with van der Waals surface area (Å²) < 4.78 is 9.74. The Labute approximate surface area is 118 Å². The number of hydrogen-bond acceptors (Lipinski definition) is 6. The normalized spacial score (nSPS) is 10.3. The zero-order valence-corrected chi connectivity index (χ0v) is 11.1. The van der Waals surface area contributed by atoms with Crippen LogP contribution in [0.15, 0.2) is 28.7 Å². The molecule has 1 aromatic heterocycles. The van der Waals surface area contributed by atoms with Crippen LogP contribution in [0.25, 0.3) is 11.0 Å². The maximum Gasteiger partial charge on any atom is 0.307 e. The summed E-state index contributed by atoms with van der Waals surface area (Å²) in [6, 6.07) is 5.46. The molecule has 0 unspecified atom stereocenters. The predicted molar refractivity (Wildman–Crippen MR) is 71.8 cm³/mol. The molecular formula is C13H12N2O6. The molecule has 0 saturated heterocycles. The van der Waals surface area contributed by atoms with Crippen molar-refractivity contribution in [3.8, 4) is 0 Å². The summed E-state index contributed by atoms with van der Waals surface area (Å²) in [6.07, 6.45) is 0.0495. The van der Waals surface area contributed by atoms with Crippen molar-refractivity contribution in [3.05, 3.63) is 40.1 Å². The molecule has 1 amide bonds. The molecule has 0 bridgehead atoms. The third kappa shape index (κ3) is 3.35. The average Bonchev–Trinajstić information content (AvgIpc) is 2.89. The third-order valence-corrected chi connectivity index (χ3v) is 2.78. The largest absolute Gasteiger partial charge is 0.469 e. The van der Waals surface area contributed by atoms with Crippen LogP contribution < -0.4 is 5.32 Å². The summed E-state index contributed by atoms with van der Waals surface area (Å²) in [5.74, 6) is -0.913. The number of benzene rings is 1. The first kappa shape index (κ1) is 14.5. The van der Waals surface area contributed by atoms with Gasteiger partial charge in [0.1, 0.15) is 5.58 Å². The summed E-state index contributed by atoms with van der Waals surface area (Å²) in [6.45, 7) is 0.114. The van der Waals surface area contributed by atoms with Crippen molar-refractivity contribution in [3.63, 3.8) is 0 Å². The van der Waals surface area contributed by atoms with Crippen molar-refractivity contribution in [2.45, 2.75) is 6.42 Å². The second-order valence-electron chi connectivity index (χ2n) is 4.17. The molecule has 21 heavy (non-hydrogen) atoms. The maximum atomic E-state index is 11.8. The lowest BCUT2D eigenvalue weighted by Gasteiger charge is -2.01. The first-order valence-corrected chi connectivity index (χ1v) is 6.04. The van der Waals surface area contributed by atoms with Gasteiger partial charge in [-0.25, -0.2) is 0 Å². The highest BCUT2D eigenvalue weighted by atomic mass is 16.6. The first-order valence-electron chi connectivity index (χ1n) is 6.04. The number of nitro groups is 1. The molecule has 0 aliphatic carbocycles. The van der Waals surface area contributed by atoms with Gasteiger partial charge in [0.2, 0.25) is 0 Å². The van der Waals surface area contributed by atoms with Gasteiger partial charge in [0.15, 0.2) is 5.76 Å². The molecule has 0 atom stereocenters. The molecule has 8 heteroatoms. The molecule has 1 aromatic carbocycles. The van der Waals surface area contributed by atoms with E-state index in [0.717, 1.165) is 0 Å². The Balaban J connectivity index is 2.09. The van der Waals surface area contributed by atoms with Crippen LogP contribution in [0.1, 0.15) is 17.0 Å². The molecular weight excluding hydrogens is 280 g/mol. The van der Waals surface area contributed by atoms with E-state index in [4.69, 9.17) is 4.42 Å². The van der Waals surface area contributed by atoms with E-state index in [9.17, 15) is 19.7 Å². The molecule has 1 N–H and O–H groups in total. The van der Waals surface area contributed by atoms with Crippen molar-refractivity contribution < 1.29 is 23.7 Å². The highest BCUT2D eigenvalue weighted by Gasteiger charge is 2.15. The van der Waals surface area contributed by atoms with Crippen LogP contribution in [0, 0.1) is 10.1 Å². The maximum absolute atomic E-state index is 11.8. The number of nitrogens with zero attached hydrogens (tertiary/aromatic N) is 1. The number of ether oxygens (including phenoxy) is 1. The fourth-order valence-corrected chi connectivity index (χ4v) is 1.72. The van der Waals surface area contributed by atoms with Crippen molar-refractivity contribution in [2.24, 2.45) is 0 Å². The van der Waals surface area contributed by atoms with Crippen molar-refractivity contribution in [1.29, 1.82) is 0 Å². The number of nitro benzene ring substituents is 1. The SMILES string of the molecule is COC(=O)CCNC(=O)c1cc2cc([N+](=O)[O-])ccc2o1. The number of rotatable bonds is 5. The average molecular weight is 292 g/mol. The van der Waals surface area contributed by atoms with Crippen molar-refractivity contribution in [2.75, 3.05) is 13.7 Å². The number of non-ortho nitro benzene ring substituents is 1. The third-order valence-electron chi connectivity index (χ3n) is 2.78. The molecule has 0 aliphatic rings. The van der Waals surface area contributed by atoms with Crippen LogP contribution >= 0.6 is 0 Å². The molecule has 0 saturated carbocycles. The van der Waals surface area contributed by atoms with Gasteiger partial charge < -0.3 is 14.5 Å². The number of esters is 1. The molecule has 0 aliphatic heterocycles. The van der Waals surface area contributed by atoms with E-state index in [1.54, 1.807) is 0 Å². The van der Waals surface area contributed by atoms with Gasteiger partial charge in [0.05, 0.1) is 18.5 Å². The topological polar surface area (TPSA) is 112 Å². The van der Waals surface area contributed by atoms with E-state index in [1.807, 2.05) is 0 Å². The fourth-order valence-electron chi connectivity index (χ4n) is 1.72. The molecule has 110 valence electrons. The molecule has 0 fully saturated rings. The van der Waals surface area contributed by atoms with Gasteiger partial charge in [-0.2, -0.15) is 0 Å². The fraction of sp³-hybridized carbons (Fsp3) is 0.231. The number of fused-ring (bicyclic) bond motifs is 1. The summed E-state index contributed by atoms with van der Waals surface area (Å²) in [5, 5.41) is 13.6. The van der Waals surface area contributed by atoms with Gasteiger partial charge in [-0.3, -0.25) is 19.7 Å². The Morgan fingerprint density at radius 2 is 2.14 bits per heavy atom. The zero-order chi connectivity index (χ0) is 15.4. The van der Waals surface area contributed by atoms with Gasteiger partial charge in [0, 0.05) is 24.1 Å². The number of carbonyl (C=O) groups is 2. The minimum absolute atomic E-state index is 0.0235. The lowest BCUT2D eigenvalue weighted by Crippen LogP contribution is -2.25. The van der Waals surface area contributed by atoms with Crippen LogP contribution in [0.2, 0.25) is 0 Å². The number of methoxy groups -OCH3 is 1. The predicted octanol–water partition coefficient (Wildman–Crippen LogP) is 1.63. The van der Waals surface area contributed by atoms with Crippen LogP contribution in [0.3, 0.4) is 0 Å². The Morgan fingerprint density at radius 3 is 2.81 bits per heavy atom. The second kappa shape index (κ2) is 6.04. The molecule has 1 heterocycles. The number of carbonyl (C=O) groups excluding carboxylic acids is 2. The highest BCUT2D eigenvalue weighted by Crippen LogP contribution is 2.24. The van der Waals surface area contributed by atoms with E-state index >= 15 is 0 Å². The van der Waals surface area contributed by atoms with E-state index < -0.39 is 16.8 Å². The Bertz CT molecular complexity index is 706. The summed E-state index contributed by atoms with van der Waals surface area (Å²) in [7, 11) is 1.26. The summed E-state index contributed by atoms with van der Waals surface area (Å²) in [5.41, 5.74) is 0.291. The quantitative estimate of drug-likeness (QED) is 0.509. The van der Waals surface area contributed by atoms with E-state index in [-0.39, 0.29) is 24.4 Å². The van der Waals surface area contributed by atoms with Crippen LogP contribution in [0.5, 0.6) is 0 Å². The molecule has 8 nitrogen and oxygen atoms in total. The van der Waals surface area contributed by atoms with Gasteiger partial charge in [-0.05, 0) is 12.1 Å². The van der Waals surface area contributed by atoms with Gasteiger partial charge >= 0.3 is 5.97 Å². The Hall–Kier alpha value is -2.90.